The summed E-state index contributed by atoms with van der Waals surface area (Å²) in [5, 5.41) is 3.49. The van der Waals surface area contributed by atoms with Crippen LogP contribution in [0.2, 0.25) is 0 Å². The highest BCUT2D eigenvalue weighted by Gasteiger charge is 2.32. The molecule has 1 N–H and O–H groups in total. The minimum Gasteiger partial charge on any atom is -0.370 e. The number of amides is 1. The number of hydrogen-bond acceptors (Lipinski definition) is 2. The lowest BCUT2D eigenvalue weighted by Crippen LogP contribution is -2.51. The van der Waals surface area contributed by atoms with Crippen LogP contribution in [0.1, 0.15) is 60.8 Å². The molecular weight excluding hydrogens is 236 g/mol. The van der Waals surface area contributed by atoms with Gasteiger partial charge in [-0.2, -0.15) is 0 Å². The van der Waals surface area contributed by atoms with Gasteiger partial charge in [-0.05, 0) is 24.7 Å². The minimum absolute atomic E-state index is 0.248. The highest BCUT2D eigenvalue weighted by Crippen LogP contribution is 2.27. The average molecular weight is 266 g/mol. The third-order valence-electron chi connectivity index (χ3n) is 3.91. The van der Waals surface area contributed by atoms with E-state index in [2.05, 4.69) is 46.9 Å². The van der Waals surface area contributed by atoms with Gasteiger partial charge < -0.3 is 10.2 Å². The highest BCUT2D eigenvalue weighted by atomic mass is 16.2. The molecule has 0 saturated carbocycles. The topological polar surface area (TPSA) is 32.3 Å². The van der Waals surface area contributed by atoms with Crippen molar-refractivity contribution in [3.8, 4) is 0 Å². The summed E-state index contributed by atoms with van der Waals surface area (Å²) in [5.74, 6) is 0.909. The Morgan fingerprint density at radius 3 is 2.21 bits per heavy atom. The molecule has 1 atom stereocenters. The summed E-state index contributed by atoms with van der Waals surface area (Å²) in [6.45, 7) is 13.5. The van der Waals surface area contributed by atoms with Crippen molar-refractivity contribution >= 4 is 5.91 Å². The van der Waals surface area contributed by atoms with E-state index in [0.717, 1.165) is 30.5 Å². The van der Waals surface area contributed by atoms with Gasteiger partial charge in [0.15, 0.2) is 0 Å². The Kier molecular flexibility index (Phi) is 5.89. The van der Waals surface area contributed by atoms with Crippen LogP contribution in [0.5, 0.6) is 0 Å². The zero-order chi connectivity index (χ0) is 14.6. The number of hydrogen-bond donors (Lipinski definition) is 1. The lowest BCUT2D eigenvalue weighted by atomic mass is 9.92. The van der Waals surface area contributed by atoms with Crippen molar-refractivity contribution in [2.45, 2.75) is 66.8 Å². The second kappa shape index (κ2) is 6.97. The molecule has 1 rings (SSSR count). The third kappa shape index (κ3) is 3.52. The molecule has 1 unspecified atom stereocenters. The molecule has 0 aromatic rings. The lowest BCUT2D eigenvalue weighted by molar-refractivity contribution is -0.131. The van der Waals surface area contributed by atoms with Crippen molar-refractivity contribution in [3.63, 3.8) is 0 Å². The van der Waals surface area contributed by atoms with E-state index in [0.29, 0.717) is 18.6 Å². The normalized spacial score (nSPS) is 18.3. The average Bonchev–Trinajstić information content (AvgIpc) is 2.35. The van der Waals surface area contributed by atoms with Crippen molar-refractivity contribution in [1.29, 1.82) is 0 Å². The fourth-order valence-electron chi connectivity index (χ4n) is 2.89. The zero-order valence-electron chi connectivity index (χ0n) is 13.4. The fraction of sp³-hybridized carbons (Fsp3) is 0.812. The van der Waals surface area contributed by atoms with Gasteiger partial charge in [0.2, 0.25) is 0 Å². The first kappa shape index (κ1) is 16.1. The molecule has 3 nitrogen and oxygen atoms in total. The van der Waals surface area contributed by atoms with Crippen molar-refractivity contribution in [2.75, 3.05) is 6.67 Å². The molecule has 0 saturated heterocycles. The SMILES string of the molecule is CCCC(CC)N1CNC(C(C)C)=C(C(C)C)C1=O. The molecule has 110 valence electrons. The molecule has 3 heteroatoms. The van der Waals surface area contributed by atoms with Crippen LogP contribution in [0.25, 0.3) is 0 Å². The number of nitrogens with one attached hydrogen (secondary N) is 1. The first-order chi connectivity index (χ1) is 8.93. The first-order valence-corrected chi connectivity index (χ1v) is 7.72. The molecule has 0 bridgehead atoms. The maximum atomic E-state index is 12.8. The van der Waals surface area contributed by atoms with E-state index in [1.807, 2.05) is 4.90 Å². The van der Waals surface area contributed by atoms with Gasteiger partial charge in [-0.3, -0.25) is 4.79 Å². The van der Waals surface area contributed by atoms with Gasteiger partial charge in [0, 0.05) is 17.3 Å². The number of allylic oxidation sites excluding steroid dienone is 1. The van der Waals surface area contributed by atoms with E-state index < -0.39 is 0 Å². The zero-order valence-corrected chi connectivity index (χ0v) is 13.4. The van der Waals surface area contributed by atoms with Crippen LogP contribution in [-0.2, 0) is 4.79 Å². The van der Waals surface area contributed by atoms with Crippen LogP contribution in [0.15, 0.2) is 11.3 Å². The molecule has 1 aliphatic rings. The van der Waals surface area contributed by atoms with E-state index in [-0.39, 0.29) is 11.8 Å². The Labute approximate surface area is 118 Å². The van der Waals surface area contributed by atoms with Crippen LogP contribution in [0, 0.1) is 11.8 Å². The molecular formula is C16H30N2O. The lowest BCUT2D eigenvalue weighted by Gasteiger charge is -2.39. The van der Waals surface area contributed by atoms with Gasteiger partial charge in [0.05, 0.1) is 6.67 Å². The predicted molar refractivity (Wildman–Crippen MR) is 80.5 cm³/mol. The smallest absolute Gasteiger partial charge is 0.253 e. The Bertz CT molecular complexity index is 345. The predicted octanol–water partition coefficient (Wildman–Crippen LogP) is 3.52. The summed E-state index contributed by atoms with van der Waals surface area (Å²) >= 11 is 0. The van der Waals surface area contributed by atoms with Gasteiger partial charge in [-0.15, -0.1) is 0 Å². The molecule has 0 fully saturated rings. The summed E-state index contributed by atoms with van der Waals surface area (Å²) in [6.07, 6.45) is 3.25. The Balaban J connectivity index is 3.04. The standard InChI is InChI=1S/C16H30N2O/c1-7-9-13(8-2)18-10-17-15(12(5)6)14(11(3)4)16(18)19/h11-13,17H,7-10H2,1-6H3. The molecule has 0 aliphatic carbocycles. The van der Waals surface area contributed by atoms with Crippen molar-refractivity contribution in [1.82, 2.24) is 10.2 Å². The maximum absolute atomic E-state index is 12.8. The summed E-state index contributed by atoms with van der Waals surface area (Å²) in [7, 11) is 0. The number of nitrogens with zero attached hydrogens (tertiary/aromatic N) is 1. The van der Waals surface area contributed by atoms with Crippen molar-refractivity contribution in [2.24, 2.45) is 11.8 Å². The third-order valence-corrected chi connectivity index (χ3v) is 3.91. The number of rotatable bonds is 6. The molecule has 1 aliphatic heterocycles. The van der Waals surface area contributed by atoms with E-state index in [9.17, 15) is 4.79 Å². The van der Waals surface area contributed by atoms with Crippen LogP contribution in [-0.4, -0.2) is 23.5 Å². The summed E-state index contributed by atoms with van der Waals surface area (Å²) in [6, 6.07) is 0.368. The molecule has 0 radical (unpaired) electrons. The van der Waals surface area contributed by atoms with Gasteiger partial charge in [0.25, 0.3) is 5.91 Å². The van der Waals surface area contributed by atoms with E-state index in [1.165, 1.54) is 0 Å². The summed E-state index contributed by atoms with van der Waals surface area (Å²) in [5.41, 5.74) is 2.12. The van der Waals surface area contributed by atoms with Crippen molar-refractivity contribution in [3.05, 3.63) is 11.3 Å². The Hall–Kier alpha value is -0.990. The Morgan fingerprint density at radius 2 is 1.79 bits per heavy atom. The first-order valence-electron chi connectivity index (χ1n) is 7.72. The van der Waals surface area contributed by atoms with Gasteiger partial charge in [-0.1, -0.05) is 48.0 Å². The van der Waals surface area contributed by atoms with Gasteiger partial charge in [-0.25, -0.2) is 0 Å². The van der Waals surface area contributed by atoms with Gasteiger partial charge >= 0.3 is 0 Å². The largest absolute Gasteiger partial charge is 0.370 e. The molecule has 1 heterocycles. The monoisotopic (exact) mass is 266 g/mol. The molecule has 0 spiro atoms. The van der Waals surface area contributed by atoms with Crippen LogP contribution in [0.4, 0.5) is 0 Å². The quantitative estimate of drug-likeness (QED) is 0.798. The van der Waals surface area contributed by atoms with Crippen LogP contribution < -0.4 is 5.32 Å². The Morgan fingerprint density at radius 1 is 1.16 bits per heavy atom. The molecule has 19 heavy (non-hydrogen) atoms. The maximum Gasteiger partial charge on any atom is 0.253 e. The van der Waals surface area contributed by atoms with E-state index in [4.69, 9.17) is 0 Å². The molecule has 0 aromatic carbocycles. The number of carbonyl (C=O) groups excluding carboxylic acids is 1. The molecule has 1 amide bonds. The van der Waals surface area contributed by atoms with Crippen molar-refractivity contribution < 1.29 is 4.79 Å². The minimum atomic E-state index is 0.248. The van der Waals surface area contributed by atoms with Crippen LogP contribution in [0.3, 0.4) is 0 Å². The molecule has 0 aromatic heterocycles. The fourth-order valence-corrected chi connectivity index (χ4v) is 2.89. The highest BCUT2D eigenvalue weighted by molar-refractivity contribution is 5.95. The van der Waals surface area contributed by atoms with Gasteiger partial charge in [0.1, 0.15) is 0 Å². The second-order valence-electron chi connectivity index (χ2n) is 6.10. The van der Waals surface area contributed by atoms with E-state index in [1.54, 1.807) is 0 Å². The van der Waals surface area contributed by atoms with Crippen LogP contribution >= 0.6 is 0 Å². The summed E-state index contributed by atoms with van der Waals surface area (Å²) in [4.78, 5) is 14.8. The van der Waals surface area contributed by atoms with E-state index >= 15 is 0 Å². The second-order valence-corrected chi connectivity index (χ2v) is 6.10. The summed E-state index contributed by atoms with van der Waals surface area (Å²) < 4.78 is 0. The number of carbonyl (C=O) groups is 1.